The van der Waals surface area contributed by atoms with Crippen LogP contribution in [0.5, 0.6) is 0 Å². The summed E-state index contributed by atoms with van der Waals surface area (Å²) in [7, 11) is 0. The van der Waals surface area contributed by atoms with Crippen molar-refractivity contribution in [3.63, 3.8) is 0 Å². The third-order valence-electron chi connectivity index (χ3n) is 2.60. The summed E-state index contributed by atoms with van der Waals surface area (Å²) in [6.07, 6.45) is 0. The van der Waals surface area contributed by atoms with Crippen LogP contribution < -0.4 is 18.9 Å². The Kier molecular flexibility index (Phi) is 4.93. The average molecular weight is 250 g/mol. The van der Waals surface area contributed by atoms with Gasteiger partial charge >= 0.3 is 30.8 Å². The number of carboxylic acids is 2. The summed E-state index contributed by atoms with van der Waals surface area (Å²) in [6.45, 7) is 0. The number of carbonyl (C=O) groups is 2. The van der Waals surface area contributed by atoms with E-state index in [1.165, 1.54) is 24.3 Å². The first-order valence-corrected chi connectivity index (χ1v) is 5.25. The summed E-state index contributed by atoms with van der Waals surface area (Å²) in [5.74, 6) is -1.94. The van der Waals surface area contributed by atoms with E-state index in [9.17, 15) is 9.59 Å². The predicted molar refractivity (Wildman–Crippen MR) is 66.9 cm³/mol. The quantitative estimate of drug-likeness (QED) is 0.744. The molecule has 0 radical (unpaired) electrons. The standard InChI is InChI=1S/C14H10O4.Li.H/c15-13(16)11-5-1-9(2-6-11)10-3-7-12(8-4-10)14(17)18;;/h1-8H,(H,15,16)(H,17,18);;/q;+1;-1. The molecule has 92 valence electrons. The van der Waals surface area contributed by atoms with Crippen molar-refractivity contribution in [3.8, 4) is 11.1 Å². The van der Waals surface area contributed by atoms with Crippen LogP contribution >= 0.6 is 0 Å². The molecule has 0 aliphatic heterocycles. The van der Waals surface area contributed by atoms with Gasteiger partial charge in [0.15, 0.2) is 0 Å². The molecule has 0 fully saturated rings. The number of hydrogen-bond acceptors (Lipinski definition) is 2. The van der Waals surface area contributed by atoms with E-state index in [0.717, 1.165) is 11.1 Å². The number of rotatable bonds is 3. The van der Waals surface area contributed by atoms with Crippen LogP contribution in [0.2, 0.25) is 0 Å². The van der Waals surface area contributed by atoms with Gasteiger partial charge in [-0.2, -0.15) is 0 Å². The fourth-order valence-corrected chi connectivity index (χ4v) is 1.61. The van der Waals surface area contributed by atoms with Crippen molar-refractivity contribution in [2.75, 3.05) is 0 Å². The van der Waals surface area contributed by atoms with E-state index in [1.54, 1.807) is 24.3 Å². The van der Waals surface area contributed by atoms with Gasteiger partial charge in [-0.05, 0) is 35.4 Å². The Morgan fingerprint density at radius 3 is 1.16 bits per heavy atom. The zero-order chi connectivity index (χ0) is 13.1. The predicted octanol–water partition coefficient (Wildman–Crippen LogP) is -0.133. The summed E-state index contributed by atoms with van der Waals surface area (Å²) >= 11 is 0. The van der Waals surface area contributed by atoms with Crippen LogP contribution in [-0.4, -0.2) is 22.2 Å². The molecule has 0 amide bonds. The van der Waals surface area contributed by atoms with Gasteiger partial charge < -0.3 is 11.6 Å². The second kappa shape index (κ2) is 6.23. The zero-order valence-corrected chi connectivity index (χ0v) is 10.3. The minimum atomic E-state index is -0.970. The largest absolute Gasteiger partial charge is 1.00 e. The van der Waals surface area contributed by atoms with Gasteiger partial charge in [0, 0.05) is 0 Å². The molecular formula is C14H11LiO4. The van der Waals surface area contributed by atoms with Crippen molar-refractivity contribution in [2.45, 2.75) is 0 Å². The third kappa shape index (κ3) is 3.47. The Hall–Kier alpha value is -2.02. The molecule has 0 aromatic heterocycles. The van der Waals surface area contributed by atoms with Gasteiger partial charge in [0.25, 0.3) is 0 Å². The molecule has 0 saturated carbocycles. The molecule has 19 heavy (non-hydrogen) atoms. The fraction of sp³-hybridized carbons (Fsp3) is 0. The topological polar surface area (TPSA) is 74.6 Å². The van der Waals surface area contributed by atoms with Crippen molar-refractivity contribution in [1.82, 2.24) is 0 Å². The van der Waals surface area contributed by atoms with Gasteiger partial charge in [0.05, 0.1) is 11.1 Å². The first-order valence-electron chi connectivity index (χ1n) is 5.25. The summed E-state index contributed by atoms with van der Waals surface area (Å²) in [6, 6.07) is 12.8. The molecule has 0 saturated heterocycles. The van der Waals surface area contributed by atoms with E-state index in [4.69, 9.17) is 10.2 Å². The van der Waals surface area contributed by atoms with Gasteiger partial charge in [-0.25, -0.2) is 9.59 Å². The monoisotopic (exact) mass is 250 g/mol. The van der Waals surface area contributed by atoms with Crippen molar-refractivity contribution < 1.29 is 40.1 Å². The molecule has 0 aliphatic rings. The van der Waals surface area contributed by atoms with E-state index in [0.29, 0.717) is 0 Å². The number of benzene rings is 2. The van der Waals surface area contributed by atoms with Gasteiger partial charge in [0.2, 0.25) is 0 Å². The molecule has 2 N–H and O–H groups in total. The van der Waals surface area contributed by atoms with Crippen molar-refractivity contribution >= 4 is 11.9 Å². The Bertz CT molecular complexity index is 538. The molecule has 2 aromatic carbocycles. The minimum absolute atomic E-state index is 0. The zero-order valence-electron chi connectivity index (χ0n) is 11.3. The van der Waals surface area contributed by atoms with Crippen LogP contribution in [0.4, 0.5) is 0 Å². The van der Waals surface area contributed by atoms with Crippen molar-refractivity contribution in [3.05, 3.63) is 59.7 Å². The summed E-state index contributed by atoms with van der Waals surface area (Å²) in [4.78, 5) is 21.4. The molecule has 0 aliphatic carbocycles. The van der Waals surface area contributed by atoms with Crippen LogP contribution in [0, 0.1) is 0 Å². The van der Waals surface area contributed by atoms with Crippen LogP contribution in [0.3, 0.4) is 0 Å². The Balaban J connectivity index is 0.00000180. The van der Waals surface area contributed by atoms with Crippen LogP contribution in [0.1, 0.15) is 22.1 Å². The summed E-state index contributed by atoms with van der Waals surface area (Å²) in [5, 5.41) is 17.6. The SMILES string of the molecule is O=C(O)c1ccc(-c2ccc(C(=O)O)cc2)cc1.[H-].[Li+]. The normalized spacial score (nSPS) is 9.47. The molecule has 2 aromatic rings. The maximum absolute atomic E-state index is 10.7. The first-order chi connectivity index (χ1) is 8.58. The van der Waals surface area contributed by atoms with Gasteiger partial charge in [0.1, 0.15) is 0 Å². The first kappa shape index (κ1) is 15.0. The average Bonchev–Trinajstić information content (AvgIpc) is 2.39. The van der Waals surface area contributed by atoms with Gasteiger partial charge in [-0.15, -0.1) is 0 Å². The molecule has 5 heteroatoms. The number of aromatic carboxylic acids is 2. The van der Waals surface area contributed by atoms with E-state index in [-0.39, 0.29) is 31.4 Å². The van der Waals surface area contributed by atoms with E-state index in [2.05, 4.69) is 0 Å². The smallest absolute Gasteiger partial charge is 1.00 e. The third-order valence-corrected chi connectivity index (χ3v) is 2.60. The van der Waals surface area contributed by atoms with Crippen LogP contribution in [0.15, 0.2) is 48.5 Å². The van der Waals surface area contributed by atoms with Gasteiger partial charge in [-0.3, -0.25) is 0 Å². The second-order valence-corrected chi connectivity index (χ2v) is 3.77. The molecule has 2 rings (SSSR count). The molecule has 0 atom stereocenters. The van der Waals surface area contributed by atoms with Gasteiger partial charge in [-0.1, -0.05) is 24.3 Å². The Morgan fingerprint density at radius 1 is 0.684 bits per heavy atom. The van der Waals surface area contributed by atoms with E-state index >= 15 is 0 Å². The number of hydrogen-bond donors (Lipinski definition) is 2. The summed E-state index contributed by atoms with van der Waals surface area (Å²) in [5.41, 5.74) is 2.13. The molecular weight excluding hydrogens is 239 g/mol. The Morgan fingerprint density at radius 2 is 0.947 bits per heavy atom. The summed E-state index contributed by atoms with van der Waals surface area (Å²) < 4.78 is 0. The van der Waals surface area contributed by atoms with Crippen molar-refractivity contribution in [2.24, 2.45) is 0 Å². The van der Waals surface area contributed by atoms with Crippen LogP contribution in [-0.2, 0) is 0 Å². The van der Waals surface area contributed by atoms with E-state index < -0.39 is 11.9 Å². The molecule has 4 nitrogen and oxygen atoms in total. The molecule has 0 bridgehead atoms. The minimum Gasteiger partial charge on any atom is -1.00 e. The fourth-order valence-electron chi connectivity index (χ4n) is 1.61. The maximum Gasteiger partial charge on any atom is 1.00 e. The maximum atomic E-state index is 10.7. The Labute approximate surface area is 123 Å². The van der Waals surface area contributed by atoms with Crippen LogP contribution in [0.25, 0.3) is 11.1 Å². The van der Waals surface area contributed by atoms with E-state index in [1.807, 2.05) is 0 Å². The second-order valence-electron chi connectivity index (χ2n) is 3.77. The molecule has 0 spiro atoms. The molecule has 0 unspecified atom stereocenters. The van der Waals surface area contributed by atoms with Crippen molar-refractivity contribution in [1.29, 1.82) is 0 Å². The molecule has 0 heterocycles. The number of carboxylic acid groups (broad SMARTS) is 2.